The number of benzene rings is 1. The van der Waals surface area contributed by atoms with Gasteiger partial charge in [0.1, 0.15) is 11.6 Å². The van der Waals surface area contributed by atoms with Crippen LogP contribution in [0.2, 0.25) is 5.02 Å². The molecule has 1 aromatic carbocycles. The standard InChI is InChI=1S/C19H24ClFN4O3/c1-10(2)8-24(18(27)13-7-12(20)5-6-14(13)21)15-16(22)25(9-11(3)4)19(28)23-17(15)26/h5-7,10-11H,8-9,22H2,1-4H3,(H,23,26,28). The zero-order valence-corrected chi connectivity index (χ0v) is 17.0. The molecule has 1 heterocycles. The van der Waals surface area contributed by atoms with Crippen LogP contribution in [0.3, 0.4) is 0 Å². The summed E-state index contributed by atoms with van der Waals surface area (Å²) in [5.74, 6) is -1.66. The van der Waals surface area contributed by atoms with Crippen molar-refractivity contribution in [3.05, 3.63) is 55.4 Å². The Kier molecular flexibility index (Phi) is 6.66. The molecule has 0 radical (unpaired) electrons. The highest BCUT2D eigenvalue weighted by atomic mass is 35.5. The number of hydrogen-bond acceptors (Lipinski definition) is 4. The topological polar surface area (TPSA) is 101 Å². The highest BCUT2D eigenvalue weighted by Gasteiger charge is 2.28. The molecular formula is C19H24ClFN4O3. The van der Waals surface area contributed by atoms with Crippen LogP contribution in [-0.4, -0.2) is 22.0 Å². The fraction of sp³-hybridized carbons (Fsp3) is 0.421. The highest BCUT2D eigenvalue weighted by Crippen LogP contribution is 2.24. The lowest BCUT2D eigenvalue weighted by atomic mass is 10.1. The van der Waals surface area contributed by atoms with Gasteiger partial charge in [0.25, 0.3) is 11.5 Å². The van der Waals surface area contributed by atoms with Gasteiger partial charge in [-0.05, 0) is 30.0 Å². The molecule has 152 valence electrons. The SMILES string of the molecule is CC(C)CN(C(=O)c1cc(Cl)ccc1F)c1c(N)n(CC(C)C)c(=O)[nH]c1=O. The molecule has 0 unspecified atom stereocenters. The van der Waals surface area contributed by atoms with Gasteiger partial charge in [0.15, 0.2) is 5.69 Å². The molecule has 3 N–H and O–H groups in total. The van der Waals surface area contributed by atoms with Crippen LogP contribution in [0.15, 0.2) is 27.8 Å². The molecule has 0 bridgehead atoms. The number of rotatable bonds is 6. The average molecular weight is 411 g/mol. The molecule has 1 aromatic heterocycles. The van der Waals surface area contributed by atoms with Gasteiger partial charge < -0.3 is 10.6 Å². The van der Waals surface area contributed by atoms with Crippen molar-refractivity contribution in [1.82, 2.24) is 9.55 Å². The van der Waals surface area contributed by atoms with Gasteiger partial charge in [-0.25, -0.2) is 9.18 Å². The number of nitrogens with one attached hydrogen (secondary N) is 1. The number of H-pyrrole nitrogens is 1. The van der Waals surface area contributed by atoms with Gasteiger partial charge in [-0.2, -0.15) is 0 Å². The maximum atomic E-state index is 14.3. The first-order valence-corrected chi connectivity index (χ1v) is 9.30. The fourth-order valence-corrected chi connectivity index (χ4v) is 3.00. The van der Waals surface area contributed by atoms with E-state index in [-0.39, 0.29) is 47.0 Å². The Morgan fingerprint density at radius 1 is 1.25 bits per heavy atom. The number of carbonyl (C=O) groups is 1. The molecule has 2 rings (SSSR count). The predicted molar refractivity (Wildman–Crippen MR) is 108 cm³/mol. The lowest BCUT2D eigenvalue weighted by molar-refractivity contribution is 0.0979. The molecule has 9 heteroatoms. The summed E-state index contributed by atoms with van der Waals surface area (Å²) in [7, 11) is 0. The molecular weight excluding hydrogens is 387 g/mol. The predicted octanol–water partition coefficient (Wildman–Crippen LogP) is 2.87. The summed E-state index contributed by atoms with van der Waals surface area (Å²) in [5, 5.41) is 0.181. The summed E-state index contributed by atoms with van der Waals surface area (Å²) in [6.07, 6.45) is 0. The van der Waals surface area contributed by atoms with Crippen LogP contribution in [0.4, 0.5) is 15.9 Å². The number of aromatic nitrogens is 2. The minimum absolute atomic E-state index is 0.0597. The van der Waals surface area contributed by atoms with Crippen LogP contribution in [0.1, 0.15) is 38.1 Å². The van der Waals surface area contributed by atoms with Crippen molar-refractivity contribution in [3.63, 3.8) is 0 Å². The summed E-state index contributed by atoms with van der Waals surface area (Å²) in [6, 6.07) is 3.60. The van der Waals surface area contributed by atoms with Crippen molar-refractivity contribution in [3.8, 4) is 0 Å². The van der Waals surface area contributed by atoms with Gasteiger partial charge in [-0.15, -0.1) is 0 Å². The van der Waals surface area contributed by atoms with E-state index in [0.717, 1.165) is 11.0 Å². The van der Waals surface area contributed by atoms with E-state index in [1.807, 2.05) is 27.7 Å². The number of halogens is 2. The maximum Gasteiger partial charge on any atom is 0.330 e. The summed E-state index contributed by atoms with van der Waals surface area (Å²) < 4.78 is 15.5. The number of nitrogen functional groups attached to an aromatic ring is 1. The third-order valence-corrected chi connectivity index (χ3v) is 4.22. The van der Waals surface area contributed by atoms with E-state index in [4.69, 9.17) is 17.3 Å². The van der Waals surface area contributed by atoms with E-state index < -0.39 is 23.0 Å². The Balaban J connectivity index is 2.70. The molecule has 0 aliphatic carbocycles. The van der Waals surface area contributed by atoms with E-state index >= 15 is 0 Å². The third kappa shape index (κ3) is 4.62. The quantitative estimate of drug-likeness (QED) is 0.764. The normalized spacial score (nSPS) is 11.3. The minimum atomic E-state index is -0.807. The van der Waals surface area contributed by atoms with Crippen molar-refractivity contribution in [2.75, 3.05) is 17.2 Å². The molecule has 1 amide bonds. The van der Waals surface area contributed by atoms with Crippen molar-refractivity contribution < 1.29 is 9.18 Å². The first kappa shape index (κ1) is 21.7. The third-order valence-electron chi connectivity index (χ3n) is 3.98. The van der Waals surface area contributed by atoms with Gasteiger partial charge in [0.2, 0.25) is 0 Å². The number of aromatic amines is 1. The zero-order chi connectivity index (χ0) is 21.2. The molecule has 0 saturated heterocycles. The summed E-state index contributed by atoms with van der Waals surface area (Å²) in [5.41, 5.74) is 4.19. The van der Waals surface area contributed by atoms with Gasteiger partial charge in [0, 0.05) is 18.1 Å². The molecule has 0 spiro atoms. The van der Waals surface area contributed by atoms with Crippen molar-refractivity contribution in [1.29, 1.82) is 0 Å². The number of nitrogens with zero attached hydrogens (tertiary/aromatic N) is 2. The van der Waals surface area contributed by atoms with E-state index in [1.54, 1.807) is 0 Å². The van der Waals surface area contributed by atoms with Crippen molar-refractivity contribution >= 4 is 29.0 Å². The fourth-order valence-electron chi connectivity index (χ4n) is 2.83. The van der Waals surface area contributed by atoms with E-state index in [2.05, 4.69) is 4.98 Å². The van der Waals surface area contributed by atoms with E-state index in [0.29, 0.717) is 0 Å². The Hall–Kier alpha value is -2.61. The smallest absolute Gasteiger partial charge is 0.330 e. The zero-order valence-electron chi connectivity index (χ0n) is 16.3. The number of nitrogens with two attached hydrogens (primary N) is 1. The second-order valence-electron chi connectivity index (χ2n) is 7.43. The van der Waals surface area contributed by atoms with Crippen LogP contribution in [0.25, 0.3) is 0 Å². The lowest BCUT2D eigenvalue weighted by Crippen LogP contribution is -2.43. The van der Waals surface area contributed by atoms with Gasteiger partial charge >= 0.3 is 5.69 Å². The Morgan fingerprint density at radius 2 is 1.89 bits per heavy atom. The minimum Gasteiger partial charge on any atom is -0.383 e. The Morgan fingerprint density at radius 3 is 2.46 bits per heavy atom. The number of carbonyl (C=O) groups excluding carboxylic acids is 1. The second kappa shape index (κ2) is 8.60. The van der Waals surface area contributed by atoms with Crippen LogP contribution < -0.4 is 21.9 Å². The van der Waals surface area contributed by atoms with E-state index in [9.17, 15) is 18.8 Å². The van der Waals surface area contributed by atoms with Crippen LogP contribution >= 0.6 is 11.6 Å². The van der Waals surface area contributed by atoms with Crippen LogP contribution in [0.5, 0.6) is 0 Å². The summed E-state index contributed by atoms with van der Waals surface area (Å²) in [6.45, 7) is 7.79. The second-order valence-corrected chi connectivity index (χ2v) is 7.87. The van der Waals surface area contributed by atoms with Crippen LogP contribution in [0, 0.1) is 17.7 Å². The van der Waals surface area contributed by atoms with Gasteiger partial charge in [-0.1, -0.05) is 39.3 Å². The molecule has 0 aliphatic rings. The molecule has 0 saturated carbocycles. The number of amides is 1. The molecule has 7 nitrogen and oxygen atoms in total. The Labute approximate surface area is 166 Å². The molecule has 2 aromatic rings. The number of hydrogen-bond donors (Lipinski definition) is 2. The largest absolute Gasteiger partial charge is 0.383 e. The van der Waals surface area contributed by atoms with Crippen molar-refractivity contribution in [2.24, 2.45) is 11.8 Å². The molecule has 0 fully saturated rings. The lowest BCUT2D eigenvalue weighted by Gasteiger charge is -2.26. The monoisotopic (exact) mass is 410 g/mol. The highest BCUT2D eigenvalue weighted by molar-refractivity contribution is 6.31. The molecule has 0 atom stereocenters. The first-order valence-electron chi connectivity index (χ1n) is 8.92. The number of anilines is 2. The van der Waals surface area contributed by atoms with Gasteiger partial charge in [-0.3, -0.25) is 19.1 Å². The molecule has 28 heavy (non-hydrogen) atoms. The maximum absolute atomic E-state index is 14.3. The van der Waals surface area contributed by atoms with Crippen molar-refractivity contribution in [2.45, 2.75) is 34.2 Å². The van der Waals surface area contributed by atoms with Crippen LogP contribution in [-0.2, 0) is 6.54 Å². The average Bonchev–Trinajstić information content (AvgIpc) is 2.58. The van der Waals surface area contributed by atoms with E-state index in [1.165, 1.54) is 16.7 Å². The Bertz CT molecular complexity index is 998. The van der Waals surface area contributed by atoms with Gasteiger partial charge in [0.05, 0.1) is 5.56 Å². The first-order chi connectivity index (χ1) is 13.0. The molecule has 0 aliphatic heterocycles. The summed E-state index contributed by atoms with van der Waals surface area (Å²) in [4.78, 5) is 41.1. The summed E-state index contributed by atoms with van der Waals surface area (Å²) >= 11 is 5.91.